The van der Waals surface area contributed by atoms with Gasteiger partial charge in [0.05, 0.1) is 18.9 Å². The molecule has 2 unspecified atom stereocenters. The zero-order chi connectivity index (χ0) is 13.1. The second kappa shape index (κ2) is 5.46. The van der Waals surface area contributed by atoms with Crippen LogP contribution in [0.5, 0.6) is 11.5 Å². The highest BCUT2D eigenvalue weighted by atomic mass is 19.1. The van der Waals surface area contributed by atoms with Crippen molar-refractivity contribution < 1.29 is 13.9 Å². The zero-order valence-electron chi connectivity index (χ0n) is 10.9. The first kappa shape index (κ1) is 13.0. The summed E-state index contributed by atoms with van der Waals surface area (Å²) in [5.41, 5.74) is 6.10. The lowest BCUT2D eigenvalue weighted by molar-refractivity contribution is 0.129. The number of nitrogen functional groups attached to an aromatic ring is 1. The van der Waals surface area contributed by atoms with E-state index in [4.69, 9.17) is 15.2 Å². The number of ether oxygens (including phenoxy) is 2. The fourth-order valence-electron chi connectivity index (χ4n) is 2.47. The molecule has 0 aliphatic heterocycles. The van der Waals surface area contributed by atoms with Gasteiger partial charge in [0.1, 0.15) is 5.75 Å². The van der Waals surface area contributed by atoms with Gasteiger partial charge in [-0.3, -0.25) is 0 Å². The summed E-state index contributed by atoms with van der Waals surface area (Å²) in [6.45, 7) is 2.23. The molecular weight excluding hydrogens is 233 g/mol. The number of hydrogen-bond donors (Lipinski definition) is 1. The summed E-state index contributed by atoms with van der Waals surface area (Å²) in [6.07, 6.45) is 4.65. The number of hydrogen-bond acceptors (Lipinski definition) is 3. The maximum absolute atomic E-state index is 13.4. The Bertz CT molecular complexity index is 423. The third kappa shape index (κ3) is 2.86. The van der Waals surface area contributed by atoms with Crippen molar-refractivity contribution in [1.82, 2.24) is 0 Å². The van der Waals surface area contributed by atoms with E-state index in [0.29, 0.717) is 17.4 Å². The lowest BCUT2D eigenvalue weighted by Crippen LogP contribution is -2.24. The van der Waals surface area contributed by atoms with Crippen LogP contribution in [-0.2, 0) is 0 Å². The second-order valence-electron chi connectivity index (χ2n) is 5.04. The monoisotopic (exact) mass is 253 g/mol. The second-order valence-corrected chi connectivity index (χ2v) is 5.04. The molecule has 18 heavy (non-hydrogen) atoms. The van der Waals surface area contributed by atoms with Gasteiger partial charge in [0.25, 0.3) is 0 Å². The summed E-state index contributed by atoms with van der Waals surface area (Å²) in [5, 5.41) is 0. The largest absolute Gasteiger partial charge is 0.494 e. The summed E-state index contributed by atoms with van der Waals surface area (Å²) in [6, 6.07) is 2.78. The number of methoxy groups -OCH3 is 1. The van der Waals surface area contributed by atoms with Crippen LogP contribution in [0.1, 0.15) is 32.6 Å². The molecule has 0 saturated heterocycles. The van der Waals surface area contributed by atoms with Gasteiger partial charge < -0.3 is 15.2 Å². The van der Waals surface area contributed by atoms with Crippen LogP contribution in [0, 0.1) is 11.7 Å². The molecule has 2 atom stereocenters. The minimum atomic E-state index is -0.459. The van der Waals surface area contributed by atoms with Gasteiger partial charge in [-0.2, -0.15) is 0 Å². The van der Waals surface area contributed by atoms with Crippen LogP contribution < -0.4 is 15.2 Å². The van der Waals surface area contributed by atoms with Gasteiger partial charge in [-0.05, 0) is 25.2 Å². The first-order valence-corrected chi connectivity index (χ1v) is 6.39. The number of nitrogens with two attached hydrogens (primary N) is 1. The summed E-state index contributed by atoms with van der Waals surface area (Å²) < 4.78 is 24.2. The van der Waals surface area contributed by atoms with E-state index in [1.54, 1.807) is 0 Å². The summed E-state index contributed by atoms with van der Waals surface area (Å²) in [4.78, 5) is 0. The highest BCUT2D eigenvalue weighted by Gasteiger charge is 2.21. The molecule has 1 aromatic carbocycles. The average molecular weight is 253 g/mol. The van der Waals surface area contributed by atoms with Crippen LogP contribution in [0.15, 0.2) is 12.1 Å². The minimum Gasteiger partial charge on any atom is -0.494 e. The normalized spacial score (nSPS) is 23.7. The van der Waals surface area contributed by atoms with Gasteiger partial charge in [0, 0.05) is 12.1 Å². The fraction of sp³-hybridized carbons (Fsp3) is 0.571. The predicted octanol–water partition coefficient (Wildman–Crippen LogP) is 3.37. The van der Waals surface area contributed by atoms with Crippen molar-refractivity contribution in [2.45, 2.75) is 38.7 Å². The molecule has 1 aromatic rings. The van der Waals surface area contributed by atoms with E-state index < -0.39 is 5.82 Å². The summed E-state index contributed by atoms with van der Waals surface area (Å²) >= 11 is 0. The molecule has 1 aliphatic carbocycles. The van der Waals surface area contributed by atoms with Crippen LogP contribution in [0.4, 0.5) is 10.1 Å². The molecule has 0 amide bonds. The highest BCUT2D eigenvalue weighted by Crippen LogP contribution is 2.33. The Morgan fingerprint density at radius 2 is 2.06 bits per heavy atom. The van der Waals surface area contributed by atoms with Crippen LogP contribution in [-0.4, -0.2) is 13.2 Å². The number of anilines is 1. The zero-order valence-corrected chi connectivity index (χ0v) is 10.9. The first-order chi connectivity index (χ1) is 8.60. The SMILES string of the molecule is COc1cc(OC2CCCC(C)C2)c(N)cc1F. The number of benzene rings is 1. The van der Waals surface area contributed by atoms with Gasteiger partial charge in [-0.15, -0.1) is 0 Å². The Balaban J connectivity index is 2.13. The lowest BCUT2D eigenvalue weighted by Gasteiger charge is -2.28. The van der Waals surface area contributed by atoms with Crippen LogP contribution in [0.25, 0.3) is 0 Å². The van der Waals surface area contributed by atoms with E-state index in [2.05, 4.69) is 6.92 Å². The summed E-state index contributed by atoms with van der Waals surface area (Å²) in [7, 11) is 1.43. The van der Waals surface area contributed by atoms with Crippen molar-refractivity contribution in [2.24, 2.45) is 5.92 Å². The molecule has 100 valence electrons. The third-order valence-corrected chi connectivity index (χ3v) is 3.47. The maximum Gasteiger partial charge on any atom is 0.167 e. The van der Waals surface area contributed by atoms with Gasteiger partial charge in [0.15, 0.2) is 11.6 Å². The van der Waals surface area contributed by atoms with Crippen molar-refractivity contribution in [2.75, 3.05) is 12.8 Å². The van der Waals surface area contributed by atoms with Crippen molar-refractivity contribution >= 4 is 5.69 Å². The molecular formula is C14H20FNO2. The topological polar surface area (TPSA) is 44.5 Å². The van der Waals surface area contributed by atoms with E-state index in [0.717, 1.165) is 12.8 Å². The predicted molar refractivity (Wildman–Crippen MR) is 69.4 cm³/mol. The summed E-state index contributed by atoms with van der Waals surface area (Å²) in [5.74, 6) is 0.905. The quantitative estimate of drug-likeness (QED) is 0.840. The molecule has 4 heteroatoms. The third-order valence-electron chi connectivity index (χ3n) is 3.47. The van der Waals surface area contributed by atoms with Gasteiger partial charge in [-0.25, -0.2) is 4.39 Å². The van der Waals surface area contributed by atoms with Crippen molar-refractivity contribution in [3.8, 4) is 11.5 Å². The average Bonchev–Trinajstić information content (AvgIpc) is 2.33. The van der Waals surface area contributed by atoms with Crippen molar-refractivity contribution in [3.63, 3.8) is 0 Å². The molecule has 0 bridgehead atoms. The van der Waals surface area contributed by atoms with Gasteiger partial charge in [0.2, 0.25) is 0 Å². The number of rotatable bonds is 3. The Morgan fingerprint density at radius 3 is 2.72 bits per heavy atom. The smallest absolute Gasteiger partial charge is 0.167 e. The van der Waals surface area contributed by atoms with Gasteiger partial charge >= 0.3 is 0 Å². The molecule has 1 fully saturated rings. The molecule has 0 spiro atoms. The van der Waals surface area contributed by atoms with E-state index in [9.17, 15) is 4.39 Å². The van der Waals surface area contributed by atoms with Crippen LogP contribution in [0.2, 0.25) is 0 Å². The van der Waals surface area contributed by atoms with Crippen molar-refractivity contribution in [3.05, 3.63) is 17.9 Å². The van der Waals surface area contributed by atoms with E-state index in [-0.39, 0.29) is 11.9 Å². The molecule has 0 aromatic heterocycles. The minimum absolute atomic E-state index is 0.169. The Morgan fingerprint density at radius 1 is 1.28 bits per heavy atom. The molecule has 0 heterocycles. The molecule has 3 nitrogen and oxygen atoms in total. The van der Waals surface area contributed by atoms with Crippen LogP contribution >= 0.6 is 0 Å². The van der Waals surface area contributed by atoms with Crippen LogP contribution in [0.3, 0.4) is 0 Å². The van der Waals surface area contributed by atoms with E-state index >= 15 is 0 Å². The highest BCUT2D eigenvalue weighted by molar-refractivity contribution is 5.56. The lowest BCUT2D eigenvalue weighted by atomic mass is 9.89. The molecule has 0 radical (unpaired) electrons. The Hall–Kier alpha value is -1.45. The first-order valence-electron chi connectivity index (χ1n) is 6.39. The maximum atomic E-state index is 13.4. The van der Waals surface area contributed by atoms with Crippen molar-refractivity contribution in [1.29, 1.82) is 0 Å². The molecule has 2 N–H and O–H groups in total. The Labute approximate surface area is 107 Å². The Kier molecular flexibility index (Phi) is 3.94. The number of halogens is 1. The van der Waals surface area contributed by atoms with Gasteiger partial charge in [-0.1, -0.05) is 13.3 Å². The van der Waals surface area contributed by atoms with E-state index in [1.165, 1.54) is 32.1 Å². The standard InChI is InChI=1S/C14H20FNO2/c1-9-4-3-5-10(6-9)18-14-8-13(17-2)11(15)7-12(14)16/h7-10H,3-6,16H2,1-2H3. The molecule has 1 aliphatic rings. The fourth-order valence-corrected chi connectivity index (χ4v) is 2.47. The molecule has 1 saturated carbocycles. The molecule has 2 rings (SSSR count). The van der Waals surface area contributed by atoms with E-state index in [1.807, 2.05) is 0 Å².